The number of hydrogen-bond acceptors (Lipinski definition) is 4. The number of anilines is 1. The second-order valence-electron chi connectivity index (χ2n) is 5.59. The van der Waals surface area contributed by atoms with Gasteiger partial charge in [0.1, 0.15) is 12.4 Å². The first-order valence-electron chi connectivity index (χ1n) is 6.96. The third-order valence-corrected chi connectivity index (χ3v) is 3.86. The van der Waals surface area contributed by atoms with Crippen LogP contribution in [0, 0.1) is 5.41 Å². The van der Waals surface area contributed by atoms with Crippen LogP contribution < -0.4 is 15.8 Å². The van der Waals surface area contributed by atoms with Crippen LogP contribution in [0.5, 0.6) is 5.75 Å². The molecule has 1 aromatic rings. The van der Waals surface area contributed by atoms with Crippen molar-refractivity contribution in [1.82, 2.24) is 10.2 Å². The maximum Gasteiger partial charge on any atom is 0.227 e. The summed E-state index contributed by atoms with van der Waals surface area (Å²) in [5.74, 6) is 0.912. The fourth-order valence-electron chi connectivity index (χ4n) is 2.63. The smallest absolute Gasteiger partial charge is 0.227 e. The van der Waals surface area contributed by atoms with E-state index in [2.05, 4.69) is 10.2 Å². The van der Waals surface area contributed by atoms with Crippen molar-refractivity contribution in [3.8, 4) is 5.75 Å². The van der Waals surface area contributed by atoms with Crippen molar-refractivity contribution in [1.29, 1.82) is 0 Å². The van der Waals surface area contributed by atoms with Gasteiger partial charge in [0.05, 0.1) is 5.41 Å². The molecule has 0 aliphatic carbocycles. The van der Waals surface area contributed by atoms with E-state index >= 15 is 0 Å². The van der Waals surface area contributed by atoms with Crippen LogP contribution in [-0.4, -0.2) is 44.1 Å². The molecule has 1 amide bonds. The molecule has 0 radical (unpaired) electrons. The molecular formula is C15H23N3O2. The van der Waals surface area contributed by atoms with Gasteiger partial charge in [-0.3, -0.25) is 9.69 Å². The van der Waals surface area contributed by atoms with E-state index in [1.54, 1.807) is 7.05 Å². The van der Waals surface area contributed by atoms with Gasteiger partial charge in [0.2, 0.25) is 5.91 Å². The third kappa shape index (κ3) is 3.42. The minimum atomic E-state index is -0.272. The van der Waals surface area contributed by atoms with Crippen molar-refractivity contribution in [3.63, 3.8) is 0 Å². The Morgan fingerprint density at radius 2 is 2.35 bits per heavy atom. The summed E-state index contributed by atoms with van der Waals surface area (Å²) < 4.78 is 5.68. The minimum Gasteiger partial charge on any atom is -0.492 e. The number of nitrogen functional groups attached to an aromatic ring is 1. The predicted octanol–water partition coefficient (Wildman–Crippen LogP) is 1.11. The van der Waals surface area contributed by atoms with E-state index in [4.69, 9.17) is 10.5 Å². The van der Waals surface area contributed by atoms with E-state index in [1.807, 2.05) is 31.2 Å². The Morgan fingerprint density at radius 1 is 1.55 bits per heavy atom. The van der Waals surface area contributed by atoms with E-state index in [9.17, 15) is 4.79 Å². The van der Waals surface area contributed by atoms with E-state index < -0.39 is 0 Å². The van der Waals surface area contributed by atoms with Gasteiger partial charge in [0, 0.05) is 31.9 Å². The van der Waals surface area contributed by atoms with Gasteiger partial charge in [-0.1, -0.05) is 6.07 Å². The zero-order valence-corrected chi connectivity index (χ0v) is 12.2. The number of amides is 1. The Hall–Kier alpha value is -1.75. The first-order chi connectivity index (χ1) is 9.53. The highest BCUT2D eigenvalue weighted by Crippen LogP contribution is 2.29. The van der Waals surface area contributed by atoms with Crippen molar-refractivity contribution >= 4 is 11.6 Å². The zero-order valence-electron chi connectivity index (χ0n) is 12.2. The molecule has 1 heterocycles. The van der Waals surface area contributed by atoms with Gasteiger partial charge in [-0.2, -0.15) is 0 Å². The fraction of sp³-hybridized carbons (Fsp3) is 0.533. The SMILES string of the molecule is CNC(=O)C1(C)CCN(CCOc2cccc(N)c2)C1. The van der Waals surface area contributed by atoms with Crippen LogP contribution in [0.25, 0.3) is 0 Å². The summed E-state index contributed by atoms with van der Waals surface area (Å²) in [7, 11) is 1.69. The molecule has 1 fully saturated rings. The summed E-state index contributed by atoms with van der Waals surface area (Å²) in [6.45, 7) is 5.16. The molecule has 1 saturated heterocycles. The van der Waals surface area contributed by atoms with Gasteiger partial charge < -0.3 is 15.8 Å². The molecule has 2 rings (SSSR count). The number of likely N-dealkylation sites (tertiary alicyclic amines) is 1. The van der Waals surface area contributed by atoms with E-state index in [-0.39, 0.29) is 11.3 Å². The number of hydrogen-bond donors (Lipinski definition) is 2. The molecule has 1 atom stereocenters. The lowest BCUT2D eigenvalue weighted by Gasteiger charge is -2.22. The molecule has 1 aliphatic rings. The van der Waals surface area contributed by atoms with Crippen LogP contribution in [0.3, 0.4) is 0 Å². The van der Waals surface area contributed by atoms with E-state index in [0.29, 0.717) is 12.3 Å². The van der Waals surface area contributed by atoms with Crippen LogP contribution in [0.2, 0.25) is 0 Å². The maximum atomic E-state index is 11.8. The highest BCUT2D eigenvalue weighted by molar-refractivity contribution is 5.82. The number of ether oxygens (including phenoxy) is 1. The zero-order chi connectivity index (χ0) is 14.6. The highest BCUT2D eigenvalue weighted by atomic mass is 16.5. The number of benzene rings is 1. The number of nitrogens with one attached hydrogen (secondary N) is 1. The molecule has 0 saturated carbocycles. The lowest BCUT2D eigenvalue weighted by atomic mass is 9.89. The first-order valence-corrected chi connectivity index (χ1v) is 6.96. The highest BCUT2D eigenvalue weighted by Gasteiger charge is 2.39. The van der Waals surface area contributed by atoms with Crippen LogP contribution in [0.15, 0.2) is 24.3 Å². The average molecular weight is 277 g/mol. The van der Waals surface area contributed by atoms with Gasteiger partial charge in [0.15, 0.2) is 0 Å². The monoisotopic (exact) mass is 277 g/mol. The fourth-order valence-corrected chi connectivity index (χ4v) is 2.63. The molecule has 0 aromatic heterocycles. The number of nitrogens with two attached hydrogens (primary N) is 1. The van der Waals surface area contributed by atoms with Crippen LogP contribution in [0.1, 0.15) is 13.3 Å². The summed E-state index contributed by atoms with van der Waals surface area (Å²) in [6, 6.07) is 7.43. The third-order valence-electron chi connectivity index (χ3n) is 3.86. The van der Waals surface area contributed by atoms with Crippen LogP contribution in [-0.2, 0) is 4.79 Å². The van der Waals surface area contributed by atoms with Crippen molar-refractivity contribution in [2.45, 2.75) is 13.3 Å². The van der Waals surface area contributed by atoms with Gasteiger partial charge in [-0.25, -0.2) is 0 Å². The number of carbonyl (C=O) groups is 1. The van der Waals surface area contributed by atoms with Crippen molar-refractivity contribution < 1.29 is 9.53 Å². The molecule has 0 spiro atoms. The lowest BCUT2D eigenvalue weighted by molar-refractivity contribution is -0.129. The van der Waals surface area contributed by atoms with E-state index in [1.165, 1.54) is 0 Å². The number of carbonyl (C=O) groups excluding carboxylic acids is 1. The van der Waals surface area contributed by atoms with Crippen molar-refractivity contribution in [3.05, 3.63) is 24.3 Å². The largest absolute Gasteiger partial charge is 0.492 e. The summed E-state index contributed by atoms with van der Waals surface area (Å²) in [5.41, 5.74) is 6.13. The number of rotatable bonds is 5. The van der Waals surface area contributed by atoms with Gasteiger partial charge in [0.25, 0.3) is 0 Å². The predicted molar refractivity (Wildman–Crippen MR) is 79.6 cm³/mol. The maximum absolute atomic E-state index is 11.8. The standard InChI is InChI=1S/C15H23N3O2/c1-15(14(19)17-2)6-7-18(11-15)8-9-20-13-5-3-4-12(16)10-13/h3-5,10H,6-9,11,16H2,1-2H3,(H,17,19). The molecule has 5 heteroatoms. The molecule has 3 N–H and O–H groups in total. The quantitative estimate of drug-likeness (QED) is 0.791. The molecule has 1 aromatic carbocycles. The molecule has 20 heavy (non-hydrogen) atoms. The Morgan fingerprint density at radius 3 is 3.05 bits per heavy atom. The van der Waals surface area contributed by atoms with Gasteiger partial charge in [-0.05, 0) is 32.0 Å². The second-order valence-corrected chi connectivity index (χ2v) is 5.59. The van der Waals surface area contributed by atoms with E-state index in [0.717, 1.165) is 31.8 Å². The van der Waals surface area contributed by atoms with Crippen LogP contribution >= 0.6 is 0 Å². The van der Waals surface area contributed by atoms with Crippen LogP contribution in [0.4, 0.5) is 5.69 Å². The first kappa shape index (κ1) is 14.7. The van der Waals surface area contributed by atoms with Crippen molar-refractivity contribution in [2.75, 3.05) is 39.0 Å². The molecule has 1 unspecified atom stereocenters. The normalized spacial score (nSPS) is 22.7. The number of nitrogens with zero attached hydrogens (tertiary/aromatic N) is 1. The van der Waals surface area contributed by atoms with Gasteiger partial charge >= 0.3 is 0 Å². The van der Waals surface area contributed by atoms with Crippen molar-refractivity contribution in [2.24, 2.45) is 5.41 Å². The molecule has 5 nitrogen and oxygen atoms in total. The molecule has 1 aliphatic heterocycles. The second kappa shape index (κ2) is 6.13. The minimum absolute atomic E-state index is 0.122. The Labute approximate surface area is 120 Å². The summed E-state index contributed by atoms with van der Waals surface area (Å²) in [6.07, 6.45) is 0.894. The summed E-state index contributed by atoms with van der Waals surface area (Å²) in [5, 5.41) is 2.75. The summed E-state index contributed by atoms with van der Waals surface area (Å²) in [4.78, 5) is 14.1. The Kier molecular flexibility index (Phi) is 4.49. The topological polar surface area (TPSA) is 67.6 Å². The Bertz CT molecular complexity index is 478. The molecular weight excluding hydrogens is 254 g/mol. The lowest BCUT2D eigenvalue weighted by Crippen LogP contribution is -2.39. The molecule has 110 valence electrons. The van der Waals surface area contributed by atoms with Gasteiger partial charge in [-0.15, -0.1) is 0 Å². The Balaban J connectivity index is 1.77. The summed E-state index contributed by atoms with van der Waals surface area (Å²) >= 11 is 0. The average Bonchev–Trinajstić information content (AvgIpc) is 2.81. The molecule has 0 bridgehead atoms.